The maximum absolute atomic E-state index is 13.5. The van der Waals surface area contributed by atoms with Gasteiger partial charge in [0, 0.05) is 36.8 Å². The van der Waals surface area contributed by atoms with E-state index in [1.54, 1.807) is 7.11 Å². The number of benzene rings is 1. The van der Waals surface area contributed by atoms with Gasteiger partial charge < -0.3 is 9.64 Å². The molecule has 5 fully saturated rings. The maximum atomic E-state index is 13.5. The Bertz CT molecular complexity index is 824. The predicted molar refractivity (Wildman–Crippen MR) is 100 cm³/mol. The summed E-state index contributed by atoms with van der Waals surface area (Å²) in [7, 11) is 3.81. The fraction of sp³-hybridized carbons (Fsp3) is 0.682. The molecule has 7 unspecified atom stereocenters. The smallest absolute Gasteiger partial charge is 0.315 e. The fourth-order valence-corrected chi connectivity index (χ4v) is 8.49. The quantitative estimate of drug-likeness (QED) is 0.766. The van der Waals surface area contributed by atoms with Crippen LogP contribution < -0.4 is 4.90 Å². The van der Waals surface area contributed by atoms with E-state index in [1.807, 2.05) is 0 Å². The SMILES string of the molecule is CCC12CCC3N4CC5(CC41)c1ccccc1N(C)C5C3(C(=O)OC)C2. The second-order valence-corrected chi connectivity index (χ2v) is 9.56. The van der Waals surface area contributed by atoms with Crippen molar-refractivity contribution in [2.45, 2.75) is 62.6 Å². The highest BCUT2D eigenvalue weighted by molar-refractivity contribution is 5.84. The molecule has 0 aromatic heterocycles. The van der Waals surface area contributed by atoms with E-state index in [0.29, 0.717) is 12.1 Å². The highest BCUT2D eigenvalue weighted by atomic mass is 16.5. The molecule has 0 N–H and O–H groups in total. The topological polar surface area (TPSA) is 32.8 Å². The van der Waals surface area contributed by atoms with Gasteiger partial charge in [0.15, 0.2) is 0 Å². The highest BCUT2D eigenvalue weighted by Crippen LogP contribution is 2.73. The molecule has 6 aliphatic rings. The molecule has 5 heterocycles. The number of hydrogen-bond donors (Lipinski definition) is 0. The molecule has 4 heteroatoms. The number of piperidine rings is 3. The van der Waals surface area contributed by atoms with Crippen LogP contribution in [0, 0.1) is 10.8 Å². The Morgan fingerprint density at radius 3 is 2.88 bits per heavy atom. The summed E-state index contributed by atoms with van der Waals surface area (Å²) in [5, 5.41) is 0. The van der Waals surface area contributed by atoms with E-state index in [4.69, 9.17) is 4.74 Å². The van der Waals surface area contributed by atoms with Gasteiger partial charge in [0.05, 0.1) is 13.2 Å². The molecule has 0 radical (unpaired) electrons. The lowest BCUT2D eigenvalue weighted by atomic mass is 9.49. The zero-order chi connectivity index (χ0) is 17.9. The molecule has 0 amide bonds. The summed E-state index contributed by atoms with van der Waals surface area (Å²) in [5.41, 5.74) is 2.79. The number of hydrogen-bond acceptors (Lipinski definition) is 4. The van der Waals surface area contributed by atoms with Crippen LogP contribution in [0.25, 0.3) is 0 Å². The number of carbonyl (C=O) groups excluding carboxylic acids is 1. The number of ether oxygens (including phenoxy) is 1. The highest BCUT2D eigenvalue weighted by Gasteiger charge is 2.80. The summed E-state index contributed by atoms with van der Waals surface area (Å²) in [6.07, 6.45) is 5.83. The van der Waals surface area contributed by atoms with E-state index < -0.39 is 0 Å². The van der Waals surface area contributed by atoms with Crippen molar-refractivity contribution in [1.82, 2.24) is 4.90 Å². The molecule has 5 aliphatic heterocycles. The van der Waals surface area contributed by atoms with Crippen LogP contribution in [0.2, 0.25) is 0 Å². The molecule has 5 bridgehead atoms. The monoisotopic (exact) mass is 352 g/mol. The molecular weight excluding hydrogens is 324 g/mol. The Morgan fingerprint density at radius 1 is 1.31 bits per heavy atom. The van der Waals surface area contributed by atoms with Crippen LogP contribution in [0.5, 0.6) is 0 Å². The van der Waals surface area contributed by atoms with E-state index in [-0.39, 0.29) is 28.3 Å². The maximum Gasteiger partial charge on any atom is 0.315 e. The van der Waals surface area contributed by atoms with Crippen LogP contribution in [0.3, 0.4) is 0 Å². The zero-order valence-corrected chi connectivity index (χ0v) is 16.0. The van der Waals surface area contributed by atoms with Crippen molar-refractivity contribution in [3.8, 4) is 0 Å². The average Bonchev–Trinajstić information content (AvgIpc) is 3.15. The minimum absolute atomic E-state index is 0.0408. The van der Waals surface area contributed by atoms with Gasteiger partial charge in [0.25, 0.3) is 0 Å². The van der Waals surface area contributed by atoms with Crippen molar-refractivity contribution in [2.24, 2.45) is 10.8 Å². The third kappa shape index (κ3) is 1.32. The lowest BCUT2D eigenvalue weighted by Crippen LogP contribution is -2.76. The van der Waals surface area contributed by atoms with Crippen molar-refractivity contribution in [1.29, 1.82) is 0 Å². The Morgan fingerprint density at radius 2 is 2.12 bits per heavy atom. The third-order valence-electron chi connectivity index (χ3n) is 9.17. The van der Waals surface area contributed by atoms with Crippen LogP contribution >= 0.6 is 0 Å². The van der Waals surface area contributed by atoms with Gasteiger partial charge in [-0.1, -0.05) is 25.1 Å². The number of para-hydroxylation sites is 1. The van der Waals surface area contributed by atoms with E-state index in [9.17, 15) is 4.79 Å². The van der Waals surface area contributed by atoms with Crippen molar-refractivity contribution >= 4 is 11.7 Å². The number of methoxy groups -OCH3 is 1. The van der Waals surface area contributed by atoms with E-state index in [0.717, 1.165) is 19.4 Å². The molecule has 4 nitrogen and oxygen atoms in total. The van der Waals surface area contributed by atoms with Crippen LogP contribution in [0.1, 0.15) is 44.6 Å². The molecule has 138 valence electrons. The summed E-state index contributed by atoms with van der Waals surface area (Å²) in [6.45, 7) is 3.46. The van der Waals surface area contributed by atoms with Crippen molar-refractivity contribution in [3.05, 3.63) is 29.8 Å². The molecule has 7 rings (SSSR count). The number of rotatable bonds is 2. The fourth-order valence-electron chi connectivity index (χ4n) is 8.49. The third-order valence-corrected chi connectivity index (χ3v) is 9.17. The number of likely N-dealkylation sites (N-methyl/N-ethyl adjacent to an activating group) is 1. The van der Waals surface area contributed by atoms with Gasteiger partial charge in [-0.3, -0.25) is 9.69 Å². The van der Waals surface area contributed by atoms with Gasteiger partial charge in [0.1, 0.15) is 5.41 Å². The van der Waals surface area contributed by atoms with E-state index in [1.165, 1.54) is 30.5 Å². The standard InChI is InChI=1S/C22H28N2O2/c1-4-20-10-9-16-22(12-20,19(25)26-3)18-21(11-17(20)24(16)13-21)14-7-5-6-8-15(14)23(18)2/h5-8,16-18H,4,9-13H2,1-3H3. The van der Waals surface area contributed by atoms with E-state index in [2.05, 4.69) is 48.0 Å². The Balaban J connectivity index is 1.66. The second kappa shape index (κ2) is 4.46. The van der Waals surface area contributed by atoms with E-state index >= 15 is 0 Å². The van der Waals surface area contributed by atoms with Crippen molar-refractivity contribution in [3.63, 3.8) is 0 Å². The summed E-state index contributed by atoms with van der Waals surface area (Å²) in [5.74, 6) is 0.0408. The normalized spacial score (nSPS) is 49.3. The van der Waals surface area contributed by atoms with Gasteiger partial charge in [-0.2, -0.15) is 0 Å². The van der Waals surface area contributed by atoms with Crippen molar-refractivity contribution < 1.29 is 9.53 Å². The first-order valence-electron chi connectivity index (χ1n) is 10.2. The largest absolute Gasteiger partial charge is 0.468 e. The number of fused-ring (bicyclic) bond motifs is 2. The first-order chi connectivity index (χ1) is 12.5. The second-order valence-electron chi connectivity index (χ2n) is 9.56. The average molecular weight is 352 g/mol. The van der Waals surface area contributed by atoms with Crippen LogP contribution in [-0.2, 0) is 14.9 Å². The molecule has 1 aromatic carbocycles. The molecule has 1 aromatic rings. The number of esters is 1. The molecule has 1 aliphatic carbocycles. The summed E-state index contributed by atoms with van der Waals surface area (Å²) >= 11 is 0. The van der Waals surface area contributed by atoms with Gasteiger partial charge >= 0.3 is 5.97 Å². The Hall–Kier alpha value is -1.55. The Kier molecular flexibility index (Phi) is 2.66. The zero-order valence-electron chi connectivity index (χ0n) is 16.0. The van der Waals surface area contributed by atoms with Crippen LogP contribution in [0.4, 0.5) is 5.69 Å². The number of carbonyl (C=O) groups is 1. The molecule has 4 saturated heterocycles. The van der Waals surface area contributed by atoms with Crippen LogP contribution in [0.15, 0.2) is 24.3 Å². The summed E-state index contributed by atoms with van der Waals surface area (Å²) < 4.78 is 5.53. The summed E-state index contributed by atoms with van der Waals surface area (Å²) in [6, 6.07) is 10.1. The lowest BCUT2D eigenvalue weighted by molar-refractivity contribution is -0.197. The molecule has 1 spiro atoms. The minimum atomic E-state index is -0.387. The molecular formula is C22H28N2O2. The first kappa shape index (κ1) is 15.5. The lowest BCUT2D eigenvalue weighted by Gasteiger charge is -2.66. The van der Waals surface area contributed by atoms with Gasteiger partial charge in [-0.25, -0.2) is 0 Å². The van der Waals surface area contributed by atoms with Gasteiger partial charge in [0.2, 0.25) is 0 Å². The van der Waals surface area contributed by atoms with Crippen LogP contribution in [-0.4, -0.2) is 49.7 Å². The number of anilines is 1. The van der Waals surface area contributed by atoms with Gasteiger partial charge in [-0.05, 0) is 49.1 Å². The van der Waals surface area contributed by atoms with Crippen molar-refractivity contribution in [2.75, 3.05) is 25.6 Å². The first-order valence-corrected chi connectivity index (χ1v) is 10.2. The molecule has 1 saturated carbocycles. The number of nitrogens with zero attached hydrogens (tertiary/aromatic N) is 2. The predicted octanol–water partition coefficient (Wildman–Crippen LogP) is 2.95. The minimum Gasteiger partial charge on any atom is -0.468 e. The Labute approximate surface area is 155 Å². The molecule has 7 atom stereocenters. The van der Waals surface area contributed by atoms with Gasteiger partial charge in [-0.15, -0.1) is 0 Å². The molecule has 26 heavy (non-hydrogen) atoms. The summed E-state index contributed by atoms with van der Waals surface area (Å²) in [4.78, 5) is 18.7.